The Morgan fingerprint density at radius 1 is 1.20 bits per heavy atom. The Labute approximate surface area is 173 Å². The normalized spacial score (nSPS) is 16.3. The quantitative estimate of drug-likeness (QED) is 0.720. The van der Waals surface area contributed by atoms with Crippen molar-refractivity contribution < 1.29 is 14.0 Å². The number of carbonyl (C=O) groups is 2. The van der Waals surface area contributed by atoms with E-state index in [-0.39, 0.29) is 29.2 Å². The third kappa shape index (κ3) is 4.37. The number of nitrogens with zero attached hydrogens (tertiary/aromatic N) is 4. The molecule has 0 spiro atoms. The lowest BCUT2D eigenvalue weighted by Gasteiger charge is -2.31. The number of piperidine rings is 1. The summed E-state index contributed by atoms with van der Waals surface area (Å²) < 4.78 is 14.9. The van der Waals surface area contributed by atoms with Gasteiger partial charge in [-0.25, -0.2) is 14.1 Å². The van der Waals surface area contributed by atoms with Gasteiger partial charge in [-0.1, -0.05) is 12.1 Å². The fourth-order valence-electron chi connectivity index (χ4n) is 3.51. The van der Waals surface area contributed by atoms with Gasteiger partial charge in [-0.05, 0) is 55.7 Å². The van der Waals surface area contributed by atoms with Crippen LogP contribution < -0.4 is 5.32 Å². The molecule has 2 amide bonds. The van der Waals surface area contributed by atoms with Crippen molar-refractivity contribution in [2.24, 2.45) is 5.92 Å². The summed E-state index contributed by atoms with van der Waals surface area (Å²) in [6.07, 6.45) is 4.76. The van der Waals surface area contributed by atoms with Crippen LogP contribution in [-0.2, 0) is 4.79 Å². The zero-order valence-electron chi connectivity index (χ0n) is 16.6. The molecule has 1 fully saturated rings. The number of nitrogens with one attached hydrogen (secondary N) is 1. The predicted molar refractivity (Wildman–Crippen MR) is 110 cm³/mol. The van der Waals surface area contributed by atoms with Gasteiger partial charge < -0.3 is 10.2 Å². The van der Waals surface area contributed by atoms with Crippen molar-refractivity contribution in [1.29, 1.82) is 0 Å². The summed E-state index contributed by atoms with van der Waals surface area (Å²) in [7, 11) is 0. The van der Waals surface area contributed by atoms with Crippen molar-refractivity contribution in [3.05, 3.63) is 71.9 Å². The molecule has 3 aromatic rings. The SMILES string of the molecule is Cc1ccc(NC(=O)C2CCCN(C(=O)c3ccn(-c4cccc(F)c4)n3)C2)nc1. The Morgan fingerprint density at radius 2 is 2.07 bits per heavy atom. The fourth-order valence-corrected chi connectivity index (χ4v) is 3.51. The van der Waals surface area contributed by atoms with Gasteiger partial charge in [0.2, 0.25) is 5.91 Å². The topological polar surface area (TPSA) is 80.1 Å². The number of aryl methyl sites for hydroxylation is 1. The Bertz CT molecular complexity index is 1060. The highest BCUT2D eigenvalue weighted by Crippen LogP contribution is 2.20. The monoisotopic (exact) mass is 407 g/mol. The highest BCUT2D eigenvalue weighted by Gasteiger charge is 2.30. The second-order valence-corrected chi connectivity index (χ2v) is 7.43. The first kappa shape index (κ1) is 19.8. The molecule has 3 heterocycles. The number of anilines is 1. The minimum Gasteiger partial charge on any atom is -0.336 e. The van der Waals surface area contributed by atoms with Gasteiger partial charge in [0.25, 0.3) is 5.91 Å². The molecule has 0 bridgehead atoms. The standard InChI is InChI=1S/C22H22FN5O2/c1-15-7-8-20(24-13-15)25-21(29)16-4-3-10-27(14-16)22(30)19-9-11-28(26-19)18-6-2-5-17(23)12-18/h2,5-9,11-13,16H,3-4,10,14H2,1H3,(H,24,25,29). The second kappa shape index (κ2) is 8.44. The Morgan fingerprint density at radius 3 is 2.83 bits per heavy atom. The Hall–Kier alpha value is -3.55. The minimum absolute atomic E-state index is 0.144. The zero-order chi connectivity index (χ0) is 21.1. The van der Waals surface area contributed by atoms with Crippen molar-refractivity contribution in [2.45, 2.75) is 19.8 Å². The van der Waals surface area contributed by atoms with Gasteiger partial charge in [0.1, 0.15) is 11.6 Å². The van der Waals surface area contributed by atoms with Gasteiger partial charge in [0.05, 0.1) is 11.6 Å². The number of benzene rings is 1. The van der Waals surface area contributed by atoms with Crippen molar-refractivity contribution in [2.75, 3.05) is 18.4 Å². The van der Waals surface area contributed by atoms with Crippen LogP contribution >= 0.6 is 0 Å². The molecule has 1 aliphatic heterocycles. The van der Waals surface area contributed by atoms with Crippen LogP contribution in [0.15, 0.2) is 54.9 Å². The van der Waals surface area contributed by atoms with Crippen LogP contribution in [0.2, 0.25) is 0 Å². The van der Waals surface area contributed by atoms with Crippen LogP contribution in [0.25, 0.3) is 5.69 Å². The zero-order valence-corrected chi connectivity index (χ0v) is 16.6. The van der Waals surface area contributed by atoms with Crippen molar-refractivity contribution >= 4 is 17.6 Å². The van der Waals surface area contributed by atoms with E-state index in [1.165, 1.54) is 16.8 Å². The molecular weight excluding hydrogens is 385 g/mol. The second-order valence-electron chi connectivity index (χ2n) is 7.43. The average molecular weight is 407 g/mol. The third-order valence-corrected chi connectivity index (χ3v) is 5.12. The molecule has 30 heavy (non-hydrogen) atoms. The van der Waals surface area contributed by atoms with E-state index in [9.17, 15) is 14.0 Å². The molecule has 1 aromatic carbocycles. The van der Waals surface area contributed by atoms with Crippen LogP contribution in [0.4, 0.5) is 10.2 Å². The summed E-state index contributed by atoms with van der Waals surface area (Å²) in [6, 6.07) is 11.3. The molecule has 0 aliphatic carbocycles. The molecular formula is C22H22FN5O2. The van der Waals surface area contributed by atoms with Crippen molar-refractivity contribution in [3.63, 3.8) is 0 Å². The van der Waals surface area contributed by atoms with E-state index in [0.717, 1.165) is 12.0 Å². The molecule has 0 radical (unpaired) electrons. The van der Waals surface area contributed by atoms with E-state index in [1.807, 2.05) is 13.0 Å². The average Bonchev–Trinajstić information content (AvgIpc) is 3.25. The van der Waals surface area contributed by atoms with Crippen LogP contribution in [0.5, 0.6) is 0 Å². The summed E-state index contributed by atoms with van der Waals surface area (Å²) in [4.78, 5) is 31.4. The van der Waals surface area contributed by atoms with E-state index in [2.05, 4.69) is 15.4 Å². The number of rotatable bonds is 4. The van der Waals surface area contributed by atoms with E-state index in [1.54, 1.807) is 41.6 Å². The lowest BCUT2D eigenvalue weighted by atomic mass is 9.97. The molecule has 1 aliphatic rings. The number of hydrogen-bond acceptors (Lipinski definition) is 4. The van der Waals surface area contributed by atoms with Gasteiger partial charge in [-0.2, -0.15) is 5.10 Å². The van der Waals surface area contributed by atoms with Crippen LogP contribution in [0.3, 0.4) is 0 Å². The third-order valence-electron chi connectivity index (χ3n) is 5.12. The molecule has 8 heteroatoms. The van der Waals surface area contributed by atoms with E-state index in [0.29, 0.717) is 31.0 Å². The lowest BCUT2D eigenvalue weighted by molar-refractivity contribution is -0.121. The molecule has 1 atom stereocenters. The number of carbonyl (C=O) groups excluding carboxylic acids is 2. The molecule has 2 aromatic heterocycles. The molecule has 154 valence electrons. The summed E-state index contributed by atoms with van der Waals surface area (Å²) in [5.41, 5.74) is 1.82. The summed E-state index contributed by atoms with van der Waals surface area (Å²) in [6.45, 7) is 2.82. The molecule has 7 nitrogen and oxygen atoms in total. The molecule has 1 saturated heterocycles. The smallest absolute Gasteiger partial charge is 0.274 e. The molecule has 4 rings (SSSR count). The summed E-state index contributed by atoms with van der Waals surface area (Å²) >= 11 is 0. The lowest BCUT2D eigenvalue weighted by Crippen LogP contribution is -2.44. The first-order valence-corrected chi connectivity index (χ1v) is 9.84. The fraction of sp³-hybridized carbons (Fsp3) is 0.273. The van der Waals surface area contributed by atoms with E-state index in [4.69, 9.17) is 0 Å². The Balaban J connectivity index is 1.42. The number of amides is 2. The highest BCUT2D eigenvalue weighted by molar-refractivity contribution is 5.95. The number of pyridine rings is 1. The highest BCUT2D eigenvalue weighted by atomic mass is 19.1. The first-order chi connectivity index (χ1) is 14.5. The molecule has 1 N–H and O–H groups in total. The van der Waals surface area contributed by atoms with E-state index < -0.39 is 0 Å². The van der Waals surface area contributed by atoms with Crippen molar-refractivity contribution in [1.82, 2.24) is 19.7 Å². The maximum Gasteiger partial charge on any atom is 0.274 e. The minimum atomic E-state index is -0.371. The largest absolute Gasteiger partial charge is 0.336 e. The maximum absolute atomic E-state index is 13.4. The first-order valence-electron chi connectivity index (χ1n) is 9.84. The van der Waals surface area contributed by atoms with Gasteiger partial charge in [0.15, 0.2) is 5.69 Å². The van der Waals surface area contributed by atoms with Gasteiger partial charge in [-0.15, -0.1) is 0 Å². The number of hydrogen-bond donors (Lipinski definition) is 1. The van der Waals surface area contributed by atoms with Crippen LogP contribution in [0, 0.1) is 18.7 Å². The Kier molecular flexibility index (Phi) is 5.56. The summed E-state index contributed by atoms with van der Waals surface area (Å²) in [5.74, 6) is -0.562. The number of likely N-dealkylation sites (tertiary alicyclic amines) is 1. The predicted octanol–water partition coefficient (Wildman–Crippen LogP) is 3.21. The summed E-state index contributed by atoms with van der Waals surface area (Å²) in [5, 5.41) is 7.12. The number of halogens is 1. The molecule has 1 unspecified atom stereocenters. The molecule has 0 saturated carbocycles. The van der Waals surface area contributed by atoms with Crippen LogP contribution in [-0.4, -0.2) is 44.6 Å². The van der Waals surface area contributed by atoms with Crippen LogP contribution in [0.1, 0.15) is 28.9 Å². The number of aromatic nitrogens is 3. The van der Waals surface area contributed by atoms with Gasteiger partial charge in [0, 0.05) is 25.5 Å². The van der Waals surface area contributed by atoms with Gasteiger partial charge >= 0.3 is 0 Å². The maximum atomic E-state index is 13.4. The van der Waals surface area contributed by atoms with Crippen molar-refractivity contribution in [3.8, 4) is 5.69 Å². The van der Waals surface area contributed by atoms with Gasteiger partial charge in [-0.3, -0.25) is 9.59 Å². The van der Waals surface area contributed by atoms with E-state index >= 15 is 0 Å².